The Balaban J connectivity index is 2.22. The molecule has 1 N–H and O–H groups in total. The molecule has 0 bridgehead atoms. The van der Waals surface area contributed by atoms with E-state index in [9.17, 15) is 5.11 Å². The van der Waals surface area contributed by atoms with Crippen molar-refractivity contribution >= 4 is 46.4 Å². The molecule has 0 aliphatic heterocycles. The lowest BCUT2D eigenvalue weighted by Crippen LogP contribution is -2.02. The van der Waals surface area contributed by atoms with Crippen molar-refractivity contribution in [2.75, 3.05) is 19.8 Å². The maximum Gasteiger partial charge on any atom is 0.156 e. The molecular weight excluding hydrogens is 346 g/mol. The lowest BCUT2D eigenvalue weighted by molar-refractivity contribution is 0.150. The van der Waals surface area contributed by atoms with Crippen LogP contribution in [-0.2, 0) is 4.74 Å². The minimum Gasteiger partial charge on any atom is -0.508 e. The third-order valence-corrected chi connectivity index (χ3v) is 3.43. The smallest absolute Gasteiger partial charge is 0.156 e. The second kappa shape index (κ2) is 9.59. The second-order valence-corrected chi connectivity index (χ2v) is 5.42. The molecule has 1 aromatic rings. The Labute approximate surface area is 138 Å². The van der Waals surface area contributed by atoms with Gasteiger partial charge in [0.2, 0.25) is 0 Å². The minimum atomic E-state index is 0.00461. The summed E-state index contributed by atoms with van der Waals surface area (Å²) in [6.07, 6.45) is 1.58. The van der Waals surface area contributed by atoms with Crippen LogP contribution in [0.1, 0.15) is 12.8 Å². The number of aromatic hydroxyl groups is 1. The molecule has 0 spiro atoms. The highest BCUT2D eigenvalue weighted by Crippen LogP contribution is 2.36. The summed E-state index contributed by atoms with van der Waals surface area (Å²) >= 11 is 22.9. The highest BCUT2D eigenvalue weighted by molar-refractivity contribution is 6.37. The molecule has 112 valence electrons. The molecule has 0 aliphatic carbocycles. The van der Waals surface area contributed by atoms with Crippen LogP contribution in [0.2, 0.25) is 10.0 Å². The van der Waals surface area contributed by atoms with Gasteiger partial charge in [0.1, 0.15) is 5.75 Å². The molecule has 0 radical (unpaired) electrons. The fourth-order valence-electron chi connectivity index (χ4n) is 1.37. The molecule has 7 heteroatoms. The molecule has 1 aromatic carbocycles. The van der Waals surface area contributed by atoms with Crippen LogP contribution in [0.3, 0.4) is 0 Å². The Hall–Kier alpha value is -0.320. The van der Waals surface area contributed by atoms with E-state index in [2.05, 4.69) is 0 Å². The van der Waals surface area contributed by atoms with Gasteiger partial charge in [-0.3, -0.25) is 0 Å². The van der Waals surface area contributed by atoms with Crippen molar-refractivity contribution in [3.63, 3.8) is 0 Å². The van der Waals surface area contributed by atoms with Crippen LogP contribution in [0.25, 0.3) is 0 Å². The summed E-state index contributed by atoms with van der Waals surface area (Å²) in [5.41, 5.74) is 1.28. The number of hydrogen-bond acceptors (Lipinski definition) is 3. The molecule has 0 heterocycles. The lowest BCUT2D eigenvalue weighted by atomic mass is 10.3. The van der Waals surface area contributed by atoms with Crippen molar-refractivity contribution in [2.24, 2.45) is 0 Å². The van der Waals surface area contributed by atoms with Crippen LogP contribution < -0.4 is 4.74 Å². The molecule has 20 heavy (non-hydrogen) atoms. The maximum absolute atomic E-state index is 9.29. The van der Waals surface area contributed by atoms with Crippen LogP contribution in [0, 0.1) is 0 Å². The number of benzene rings is 1. The number of phenols is 1. The summed E-state index contributed by atoms with van der Waals surface area (Å²) in [5.74, 6) is 0.380. The van der Waals surface area contributed by atoms with Gasteiger partial charge in [-0.25, -0.2) is 0 Å². The Morgan fingerprint density at radius 1 is 1.15 bits per heavy atom. The van der Waals surface area contributed by atoms with Gasteiger partial charge in [-0.05, 0) is 12.8 Å². The Morgan fingerprint density at radius 3 is 2.35 bits per heavy atom. The standard InChI is InChI=1S/C13H14Cl4O3/c14-7-9(15)8-19-3-1-2-4-20-13-11(16)5-10(18)6-12(13)17/h5-7,18H,1-4,8H2/b9-7-. The molecule has 0 saturated carbocycles. The summed E-state index contributed by atoms with van der Waals surface area (Å²) in [4.78, 5) is 0. The summed E-state index contributed by atoms with van der Waals surface area (Å²) in [5, 5.41) is 10.3. The summed E-state index contributed by atoms with van der Waals surface area (Å²) in [6, 6.07) is 2.76. The number of unbranched alkanes of at least 4 members (excludes halogenated alkanes) is 1. The van der Waals surface area contributed by atoms with E-state index in [0.29, 0.717) is 30.6 Å². The summed E-state index contributed by atoms with van der Waals surface area (Å²) < 4.78 is 10.8. The van der Waals surface area contributed by atoms with Gasteiger partial charge in [0.05, 0.1) is 28.3 Å². The Morgan fingerprint density at radius 2 is 1.75 bits per heavy atom. The molecule has 0 fully saturated rings. The zero-order valence-corrected chi connectivity index (χ0v) is 13.6. The van der Waals surface area contributed by atoms with Crippen molar-refractivity contribution < 1.29 is 14.6 Å². The Bertz CT molecular complexity index is 440. The molecule has 3 nitrogen and oxygen atoms in total. The van der Waals surface area contributed by atoms with Gasteiger partial charge < -0.3 is 14.6 Å². The molecule has 0 amide bonds. The van der Waals surface area contributed by atoms with E-state index >= 15 is 0 Å². The molecule has 1 rings (SSSR count). The minimum absolute atomic E-state index is 0.00461. The monoisotopic (exact) mass is 358 g/mol. The first-order valence-corrected chi connectivity index (χ1v) is 7.45. The number of ether oxygens (including phenoxy) is 2. The highest BCUT2D eigenvalue weighted by Gasteiger charge is 2.09. The van der Waals surface area contributed by atoms with E-state index in [-0.39, 0.29) is 15.8 Å². The topological polar surface area (TPSA) is 38.7 Å². The van der Waals surface area contributed by atoms with Gasteiger partial charge in [0.15, 0.2) is 5.75 Å². The first-order valence-electron chi connectivity index (χ1n) is 5.88. The largest absolute Gasteiger partial charge is 0.508 e. The zero-order chi connectivity index (χ0) is 15.0. The van der Waals surface area contributed by atoms with Gasteiger partial charge in [0.25, 0.3) is 0 Å². The average molecular weight is 360 g/mol. The first kappa shape index (κ1) is 17.7. The molecular formula is C13H14Cl4O3. The van der Waals surface area contributed by atoms with E-state index in [1.807, 2.05) is 0 Å². The molecule has 0 unspecified atom stereocenters. The number of phenolic OH excluding ortho intramolecular Hbond substituents is 1. The van der Waals surface area contributed by atoms with Crippen molar-refractivity contribution in [3.8, 4) is 11.5 Å². The van der Waals surface area contributed by atoms with Crippen LogP contribution in [-0.4, -0.2) is 24.9 Å². The van der Waals surface area contributed by atoms with Gasteiger partial charge in [-0.15, -0.1) is 0 Å². The predicted octanol–water partition coefficient (Wildman–Crippen LogP) is 5.19. The number of halogens is 4. The SMILES string of the molecule is Oc1cc(Cl)c(OCCCCOC/C(Cl)=C/Cl)c(Cl)c1. The van der Waals surface area contributed by atoms with Crippen molar-refractivity contribution in [3.05, 3.63) is 32.7 Å². The predicted molar refractivity (Wildman–Crippen MR) is 83.5 cm³/mol. The third kappa shape index (κ3) is 6.42. The fourth-order valence-corrected chi connectivity index (χ4v) is 2.09. The van der Waals surface area contributed by atoms with Crippen LogP contribution in [0.15, 0.2) is 22.7 Å². The summed E-state index contributed by atoms with van der Waals surface area (Å²) in [6.45, 7) is 1.32. The van der Waals surface area contributed by atoms with E-state index in [0.717, 1.165) is 12.8 Å². The Kier molecular flexibility index (Phi) is 8.50. The highest BCUT2D eigenvalue weighted by atomic mass is 35.5. The van der Waals surface area contributed by atoms with Crippen LogP contribution >= 0.6 is 46.4 Å². The third-order valence-electron chi connectivity index (χ3n) is 2.27. The molecule has 0 aliphatic rings. The first-order chi connectivity index (χ1) is 9.54. The van der Waals surface area contributed by atoms with E-state index < -0.39 is 0 Å². The molecule has 0 saturated heterocycles. The van der Waals surface area contributed by atoms with Crippen molar-refractivity contribution in [1.29, 1.82) is 0 Å². The number of rotatable bonds is 8. The maximum atomic E-state index is 9.29. The van der Waals surface area contributed by atoms with Crippen LogP contribution in [0.5, 0.6) is 11.5 Å². The lowest BCUT2D eigenvalue weighted by Gasteiger charge is -2.10. The summed E-state index contributed by atoms with van der Waals surface area (Å²) in [7, 11) is 0. The quantitative estimate of drug-likeness (QED) is 0.649. The molecule has 0 aromatic heterocycles. The van der Waals surface area contributed by atoms with E-state index in [4.69, 9.17) is 55.9 Å². The normalized spacial score (nSPS) is 11.7. The van der Waals surface area contributed by atoms with Crippen LogP contribution in [0.4, 0.5) is 0 Å². The fraction of sp³-hybridized carbons (Fsp3) is 0.385. The van der Waals surface area contributed by atoms with Gasteiger partial charge in [0, 0.05) is 24.3 Å². The van der Waals surface area contributed by atoms with Gasteiger partial charge in [-0.1, -0.05) is 46.4 Å². The molecule has 0 atom stereocenters. The second-order valence-electron chi connectivity index (χ2n) is 3.90. The number of hydrogen-bond donors (Lipinski definition) is 1. The van der Waals surface area contributed by atoms with Gasteiger partial charge >= 0.3 is 0 Å². The zero-order valence-electron chi connectivity index (χ0n) is 10.5. The average Bonchev–Trinajstić information content (AvgIpc) is 2.39. The van der Waals surface area contributed by atoms with Crippen molar-refractivity contribution in [2.45, 2.75) is 12.8 Å². The van der Waals surface area contributed by atoms with E-state index in [1.54, 1.807) is 0 Å². The van der Waals surface area contributed by atoms with Crippen molar-refractivity contribution in [1.82, 2.24) is 0 Å². The van der Waals surface area contributed by atoms with Gasteiger partial charge in [-0.2, -0.15) is 0 Å². The van der Waals surface area contributed by atoms with E-state index in [1.165, 1.54) is 17.7 Å².